The molecule has 0 unspecified atom stereocenters. The van der Waals surface area contributed by atoms with E-state index in [1.165, 1.54) is 12.1 Å². The molecule has 0 aliphatic heterocycles. The molecule has 0 saturated heterocycles. The SMILES string of the molecule is COC(Cn1cnc(-c2ccc(F)cc2)c1CCCO)OC. The molecule has 1 N–H and O–H groups in total. The van der Waals surface area contributed by atoms with Crippen LogP contribution >= 0.6 is 0 Å². The lowest BCUT2D eigenvalue weighted by Crippen LogP contribution is -2.21. The molecule has 1 aromatic carbocycles. The fourth-order valence-electron chi connectivity index (χ4n) is 2.33. The number of methoxy groups -OCH3 is 2. The number of nitrogens with zero attached hydrogens (tertiary/aromatic N) is 2. The molecule has 0 radical (unpaired) electrons. The van der Waals surface area contributed by atoms with Crippen LogP contribution in [0.4, 0.5) is 4.39 Å². The van der Waals surface area contributed by atoms with Crippen molar-refractivity contribution >= 4 is 0 Å². The predicted octanol–water partition coefficient (Wildman–Crippen LogP) is 2.23. The van der Waals surface area contributed by atoms with E-state index in [4.69, 9.17) is 14.6 Å². The van der Waals surface area contributed by atoms with Crippen LogP contribution in [0, 0.1) is 5.82 Å². The van der Waals surface area contributed by atoms with Gasteiger partial charge in [0.2, 0.25) is 0 Å². The van der Waals surface area contributed by atoms with Crippen molar-refractivity contribution in [3.05, 3.63) is 42.1 Å². The van der Waals surface area contributed by atoms with Crippen LogP contribution in [0.25, 0.3) is 11.3 Å². The van der Waals surface area contributed by atoms with Gasteiger partial charge in [0, 0.05) is 32.1 Å². The van der Waals surface area contributed by atoms with Crippen LogP contribution in [0.2, 0.25) is 0 Å². The number of hydrogen-bond acceptors (Lipinski definition) is 4. The summed E-state index contributed by atoms with van der Waals surface area (Å²) in [5.74, 6) is -0.279. The van der Waals surface area contributed by atoms with Gasteiger partial charge in [-0.25, -0.2) is 9.37 Å². The molecule has 0 fully saturated rings. The van der Waals surface area contributed by atoms with Crippen LogP contribution < -0.4 is 0 Å². The molecule has 6 heteroatoms. The summed E-state index contributed by atoms with van der Waals surface area (Å²) in [5.41, 5.74) is 2.61. The number of aromatic nitrogens is 2. The fourth-order valence-corrected chi connectivity index (χ4v) is 2.33. The molecule has 2 rings (SSSR count). The number of aliphatic hydroxyl groups is 1. The Morgan fingerprint density at radius 3 is 2.50 bits per heavy atom. The Hall–Kier alpha value is -1.76. The van der Waals surface area contributed by atoms with Gasteiger partial charge in [-0.2, -0.15) is 0 Å². The second-order valence-corrected chi connectivity index (χ2v) is 4.93. The normalized spacial score (nSPS) is 11.3. The average molecular weight is 308 g/mol. The van der Waals surface area contributed by atoms with Crippen molar-refractivity contribution in [1.82, 2.24) is 9.55 Å². The van der Waals surface area contributed by atoms with Crippen molar-refractivity contribution in [2.24, 2.45) is 0 Å². The van der Waals surface area contributed by atoms with Gasteiger partial charge in [0.1, 0.15) is 5.82 Å². The highest BCUT2D eigenvalue weighted by Crippen LogP contribution is 2.24. The van der Waals surface area contributed by atoms with Crippen LogP contribution in [0.1, 0.15) is 12.1 Å². The highest BCUT2D eigenvalue weighted by Gasteiger charge is 2.16. The molecule has 5 nitrogen and oxygen atoms in total. The minimum absolute atomic E-state index is 0.103. The maximum Gasteiger partial charge on any atom is 0.174 e. The van der Waals surface area contributed by atoms with E-state index in [-0.39, 0.29) is 18.7 Å². The molecule has 0 saturated carbocycles. The van der Waals surface area contributed by atoms with Crippen LogP contribution in [0.5, 0.6) is 0 Å². The summed E-state index contributed by atoms with van der Waals surface area (Å²) < 4.78 is 25.5. The maximum atomic E-state index is 13.1. The summed E-state index contributed by atoms with van der Waals surface area (Å²) in [6, 6.07) is 6.23. The fraction of sp³-hybridized carbons (Fsp3) is 0.438. The Morgan fingerprint density at radius 1 is 1.23 bits per heavy atom. The van der Waals surface area contributed by atoms with Crippen molar-refractivity contribution in [2.75, 3.05) is 20.8 Å². The third-order valence-corrected chi connectivity index (χ3v) is 3.51. The number of benzene rings is 1. The van der Waals surface area contributed by atoms with E-state index in [0.29, 0.717) is 19.4 Å². The Bertz CT molecular complexity index is 580. The predicted molar refractivity (Wildman–Crippen MR) is 80.8 cm³/mol. The lowest BCUT2D eigenvalue weighted by molar-refractivity contribution is -0.111. The van der Waals surface area contributed by atoms with Gasteiger partial charge in [-0.1, -0.05) is 0 Å². The smallest absolute Gasteiger partial charge is 0.174 e. The first-order chi connectivity index (χ1) is 10.7. The van der Waals surface area contributed by atoms with E-state index in [0.717, 1.165) is 17.0 Å². The first-order valence-electron chi connectivity index (χ1n) is 7.16. The van der Waals surface area contributed by atoms with Crippen molar-refractivity contribution in [1.29, 1.82) is 0 Å². The van der Waals surface area contributed by atoms with Gasteiger partial charge >= 0.3 is 0 Å². The first kappa shape index (κ1) is 16.6. The van der Waals surface area contributed by atoms with Crippen LogP contribution in [-0.4, -0.2) is 41.8 Å². The molecule has 0 atom stereocenters. The summed E-state index contributed by atoms with van der Waals surface area (Å²) >= 11 is 0. The quantitative estimate of drug-likeness (QED) is 0.760. The van der Waals surface area contributed by atoms with Gasteiger partial charge in [0.05, 0.1) is 18.6 Å². The Kier molecular flexibility index (Phi) is 6.06. The van der Waals surface area contributed by atoms with Gasteiger partial charge in [-0.05, 0) is 37.1 Å². The van der Waals surface area contributed by atoms with Gasteiger partial charge in [-0.15, -0.1) is 0 Å². The van der Waals surface area contributed by atoms with E-state index in [1.807, 2.05) is 4.57 Å². The first-order valence-corrected chi connectivity index (χ1v) is 7.16. The number of rotatable bonds is 8. The molecule has 0 amide bonds. The second kappa shape index (κ2) is 8.03. The molecule has 1 aromatic heterocycles. The lowest BCUT2D eigenvalue weighted by atomic mass is 10.1. The van der Waals surface area contributed by atoms with Gasteiger partial charge in [0.15, 0.2) is 6.29 Å². The summed E-state index contributed by atoms with van der Waals surface area (Å²) in [5, 5.41) is 9.10. The summed E-state index contributed by atoms with van der Waals surface area (Å²) in [4.78, 5) is 4.44. The lowest BCUT2D eigenvalue weighted by Gasteiger charge is -2.16. The molecule has 120 valence electrons. The molecular formula is C16H21FN2O3. The molecule has 1 heterocycles. The molecule has 0 aliphatic rings. The molecular weight excluding hydrogens is 287 g/mol. The Morgan fingerprint density at radius 2 is 1.91 bits per heavy atom. The number of aliphatic hydroxyl groups excluding tert-OH is 1. The van der Waals surface area contributed by atoms with Crippen molar-refractivity contribution in [3.63, 3.8) is 0 Å². The standard InChI is InChI=1S/C16H21FN2O3/c1-21-15(22-2)10-19-11-18-16(14(19)4-3-9-20)12-5-7-13(17)8-6-12/h5-8,11,15,20H,3-4,9-10H2,1-2H3. The highest BCUT2D eigenvalue weighted by atomic mass is 19.1. The van der Waals surface area contributed by atoms with Crippen molar-refractivity contribution in [2.45, 2.75) is 25.7 Å². The van der Waals surface area contributed by atoms with Gasteiger partial charge in [-0.3, -0.25) is 0 Å². The summed E-state index contributed by atoms with van der Waals surface area (Å²) in [7, 11) is 3.17. The van der Waals surface area contributed by atoms with E-state index in [9.17, 15) is 4.39 Å². The molecule has 2 aromatic rings. The largest absolute Gasteiger partial charge is 0.396 e. The van der Waals surface area contributed by atoms with Crippen LogP contribution in [0.15, 0.2) is 30.6 Å². The van der Waals surface area contributed by atoms with E-state index in [1.54, 1.807) is 32.7 Å². The Labute approximate surface area is 129 Å². The minimum atomic E-state index is -0.372. The van der Waals surface area contributed by atoms with Crippen molar-refractivity contribution in [3.8, 4) is 11.3 Å². The van der Waals surface area contributed by atoms with Gasteiger partial charge in [0.25, 0.3) is 0 Å². The zero-order valence-electron chi connectivity index (χ0n) is 12.8. The van der Waals surface area contributed by atoms with E-state index in [2.05, 4.69) is 4.98 Å². The topological polar surface area (TPSA) is 56.5 Å². The monoisotopic (exact) mass is 308 g/mol. The number of ether oxygens (including phenoxy) is 2. The molecule has 0 aliphatic carbocycles. The average Bonchev–Trinajstić information content (AvgIpc) is 2.93. The molecule has 0 bridgehead atoms. The highest BCUT2D eigenvalue weighted by molar-refractivity contribution is 5.61. The summed E-state index contributed by atoms with van der Waals surface area (Å²) in [6.07, 6.45) is 2.65. The van der Waals surface area contributed by atoms with Crippen molar-refractivity contribution < 1.29 is 19.0 Å². The van der Waals surface area contributed by atoms with E-state index >= 15 is 0 Å². The second-order valence-electron chi connectivity index (χ2n) is 4.93. The third-order valence-electron chi connectivity index (χ3n) is 3.51. The molecule has 0 spiro atoms. The zero-order valence-corrected chi connectivity index (χ0v) is 12.8. The number of hydrogen-bond donors (Lipinski definition) is 1. The zero-order chi connectivity index (χ0) is 15.9. The minimum Gasteiger partial charge on any atom is -0.396 e. The Balaban J connectivity index is 2.32. The third kappa shape index (κ3) is 3.91. The van der Waals surface area contributed by atoms with E-state index < -0.39 is 0 Å². The maximum absolute atomic E-state index is 13.1. The number of halogens is 1. The number of imidazole rings is 1. The summed E-state index contributed by atoms with van der Waals surface area (Å²) in [6.45, 7) is 0.605. The van der Waals surface area contributed by atoms with Crippen LogP contribution in [-0.2, 0) is 22.4 Å². The van der Waals surface area contributed by atoms with Crippen LogP contribution in [0.3, 0.4) is 0 Å². The molecule has 22 heavy (non-hydrogen) atoms. The van der Waals surface area contributed by atoms with Gasteiger partial charge < -0.3 is 19.1 Å².